The lowest BCUT2D eigenvalue weighted by Crippen LogP contribution is -2.47. The Morgan fingerprint density at radius 1 is 1.12 bits per heavy atom. The highest BCUT2D eigenvalue weighted by Gasteiger charge is 2.28. The molecule has 0 bridgehead atoms. The van der Waals surface area contributed by atoms with Gasteiger partial charge in [0.1, 0.15) is 0 Å². The summed E-state index contributed by atoms with van der Waals surface area (Å²) >= 11 is 0. The molecule has 2 aromatic rings. The highest BCUT2D eigenvalue weighted by atomic mass is 16.4. The molecule has 0 aromatic heterocycles. The number of amides is 2. The Balaban J connectivity index is 1.79. The number of rotatable bonds is 4. The van der Waals surface area contributed by atoms with Crippen LogP contribution in [0.2, 0.25) is 0 Å². The quantitative estimate of drug-likeness (QED) is 0.911. The summed E-state index contributed by atoms with van der Waals surface area (Å²) in [6.07, 6.45) is 0.570. The summed E-state index contributed by atoms with van der Waals surface area (Å²) in [4.78, 5) is 28.2. The van der Waals surface area contributed by atoms with Crippen LogP contribution in [0.5, 0.6) is 0 Å². The second kappa shape index (κ2) is 7.60. The molecule has 1 N–H and O–H groups in total. The lowest BCUT2D eigenvalue weighted by atomic mass is 9.94. The SMILES string of the molecule is CC(C)N(Cc1ccccc1)C(=O)N1CCc2c(cccc2C(=O)O)C1. The zero-order chi connectivity index (χ0) is 18.7. The number of carboxylic acids is 1. The summed E-state index contributed by atoms with van der Waals surface area (Å²) in [6.45, 7) is 5.58. The third-order valence-corrected chi connectivity index (χ3v) is 4.83. The molecule has 0 aliphatic carbocycles. The van der Waals surface area contributed by atoms with Gasteiger partial charge >= 0.3 is 12.0 Å². The van der Waals surface area contributed by atoms with Gasteiger partial charge in [-0.1, -0.05) is 42.5 Å². The van der Waals surface area contributed by atoms with Crippen LogP contribution in [0, 0.1) is 0 Å². The predicted molar refractivity (Wildman–Crippen MR) is 100 cm³/mol. The number of carbonyl (C=O) groups excluding carboxylic acids is 1. The summed E-state index contributed by atoms with van der Waals surface area (Å²) < 4.78 is 0. The minimum Gasteiger partial charge on any atom is -0.478 e. The predicted octanol–water partition coefficient (Wildman–Crippen LogP) is 3.77. The standard InChI is InChI=1S/C21H24N2O3/c1-15(2)23(13-16-7-4-3-5-8-16)21(26)22-12-11-18-17(14-22)9-6-10-19(18)20(24)25/h3-10,15H,11-14H2,1-2H3,(H,24,25). The van der Waals surface area contributed by atoms with Gasteiger partial charge in [-0.3, -0.25) is 0 Å². The van der Waals surface area contributed by atoms with Crippen molar-refractivity contribution in [3.63, 3.8) is 0 Å². The topological polar surface area (TPSA) is 60.9 Å². The minimum atomic E-state index is -0.908. The Morgan fingerprint density at radius 2 is 1.85 bits per heavy atom. The van der Waals surface area contributed by atoms with Crippen LogP contribution >= 0.6 is 0 Å². The van der Waals surface area contributed by atoms with Crippen LogP contribution in [0.4, 0.5) is 4.79 Å². The van der Waals surface area contributed by atoms with Crippen molar-refractivity contribution in [1.29, 1.82) is 0 Å². The van der Waals surface area contributed by atoms with Crippen molar-refractivity contribution in [3.8, 4) is 0 Å². The van der Waals surface area contributed by atoms with Gasteiger partial charge in [0, 0.05) is 25.7 Å². The Kier molecular flexibility index (Phi) is 5.26. The summed E-state index contributed by atoms with van der Waals surface area (Å²) in [5.41, 5.74) is 3.22. The Morgan fingerprint density at radius 3 is 2.50 bits per heavy atom. The summed E-state index contributed by atoms with van der Waals surface area (Å²) in [7, 11) is 0. The molecule has 3 rings (SSSR count). The number of carboxylic acid groups (broad SMARTS) is 1. The van der Waals surface area contributed by atoms with Crippen molar-refractivity contribution < 1.29 is 14.7 Å². The Hall–Kier alpha value is -2.82. The van der Waals surface area contributed by atoms with Gasteiger partial charge in [0.05, 0.1) is 5.56 Å². The molecule has 0 atom stereocenters. The van der Waals surface area contributed by atoms with E-state index in [4.69, 9.17) is 0 Å². The lowest BCUT2D eigenvalue weighted by Gasteiger charge is -2.36. The molecule has 1 aliphatic rings. The molecule has 0 fully saturated rings. The average Bonchev–Trinajstić information content (AvgIpc) is 2.65. The van der Waals surface area contributed by atoms with Crippen LogP contribution in [0.3, 0.4) is 0 Å². The van der Waals surface area contributed by atoms with E-state index in [1.807, 2.05) is 60.0 Å². The normalized spacial score (nSPS) is 13.4. The average molecular weight is 352 g/mol. The Labute approximate surface area is 153 Å². The van der Waals surface area contributed by atoms with Crippen molar-refractivity contribution in [2.75, 3.05) is 6.54 Å². The van der Waals surface area contributed by atoms with Crippen molar-refractivity contribution in [2.24, 2.45) is 0 Å². The van der Waals surface area contributed by atoms with Crippen LogP contribution in [0.15, 0.2) is 48.5 Å². The van der Waals surface area contributed by atoms with E-state index in [-0.39, 0.29) is 12.1 Å². The molecule has 0 spiro atoms. The van der Waals surface area contributed by atoms with E-state index in [9.17, 15) is 14.7 Å². The molecule has 5 nitrogen and oxygen atoms in total. The van der Waals surface area contributed by atoms with Gasteiger partial charge in [-0.05, 0) is 43.0 Å². The van der Waals surface area contributed by atoms with Gasteiger partial charge in [-0.25, -0.2) is 9.59 Å². The number of hydrogen-bond acceptors (Lipinski definition) is 2. The van der Waals surface area contributed by atoms with Crippen LogP contribution in [-0.2, 0) is 19.5 Å². The molecule has 1 aliphatic heterocycles. The van der Waals surface area contributed by atoms with E-state index in [1.165, 1.54) is 0 Å². The molecule has 2 aromatic carbocycles. The lowest BCUT2D eigenvalue weighted by molar-refractivity contribution is 0.0695. The van der Waals surface area contributed by atoms with Crippen LogP contribution in [0.25, 0.3) is 0 Å². The van der Waals surface area contributed by atoms with E-state index in [1.54, 1.807) is 12.1 Å². The first kappa shape index (κ1) is 18.0. The second-order valence-corrected chi connectivity index (χ2v) is 6.91. The smallest absolute Gasteiger partial charge is 0.335 e. The first-order valence-electron chi connectivity index (χ1n) is 8.91. The molecule has 0 unspecified atom stereocenters. The third-order valence-electron chi connectivity index (χ3n) is 4.83. The third kappa shape index (κ3) is 3.72. The Bertz CT molecular complexity index is 802. The van der Waals surface area contributed by atoms with Gasteiger partial charge in [-0.2, -0.15) is 0 Å². The molecular weight excluding hydrogens is 328 g/mol. The first-order valence-corrected chi connectivity index (χ1v) is 8.91. The molecule has 5 heteroatoms. The number of fused-ring (bicyclic) bond motifs is 1. The van der Waals surface area contributed by atoms with Gasteiger partial charge in [0.2, 0.25) is 0 Å². The number of nitrogens with zero attached hydrogens (tertiary/aromatic N) is 2. The van der Waals surface area contributed by atoms with Gasteiger partial charge in [-0.15, -0.1) is 0 Å². The van der Waals surface area contributed by atoms with E-state index >= 15 is 0 Å². The molecule has 136 valence electrons. The van der Waals surface area contributed by atoms with Crippen LogP contribution in [0.1, 0.15) is 40.9 Å². The fraction of sp³-hybridized carbons (Fsp3) is 0.333. The minimum absolute atomic E-state index is 0.00442. The molecule has 2 amide bonds. The highest BCUT2D eigenvalue weighted by Crippen LogP contribution is 2.24. The number of aromatic carboxylic acids is 1. The maximum Gasteiger partial charge on any atom is 0.335 e. The summed E-state index contributed by atoms with van der Waals surface area (Å²) in [5, 5.41) is 9.35. The van der Waals surface area contributed by atoms with Crippen molar-refractivity contribution in [3.05, 3.63) is 70.8 Å². The van der Waals surface area contributed by atoms with E-state index < -0.39 is 5.97 Å². The maximum atomic E-state index is 13.1. The zero-order valence-electron chi connectivity index (χ0n) is 15.2. The number of hydrogen-bond donors (Lipinski definition) is 1. The largest absolute Gasteiger partial charge is 0.478 e. The number of carbonyl (C=O) groups is 2. The van der Waals surface area contributed by atoms with Gasteiger partial charge < -0.3 is 14.9 Å². The molecule has 0 radical (unpaired) electrons. The van der Waals surface area contributed by atoms with E-state index in [0.717, 1.165) is 16.7 Å². The maximum absolute atomic E-state index is 13.1. The van der Waals surface area contributed by atoms with Crippen molar-refractivity contribution in [1.82, 2.24) is 9.80 Å². The monoisotopic (exact) mass is 352 g/mol. The molecular formula is C21H24N2O3. The van der Waals surface area contributed by atoms with Gasteiger partial charge in [0.15, 0.2) is 0 Å². The second-order valence-electron chi connectivity index (χ2n) is 6.91. The van der Waals surface area contributed by atoms with E-state index in [0.29, 0.717) is 31.6 Å². The number of benzene rings is 2. The first-order chi connectivity index (χ1) is 12.5. The van der Waals surface area contributed by atoms with Crippen LogP contribution < -0.4 is 0 Å². The summed E-state index contributed by atoms with van der Waals surface area (Å²) in [6, 6.07) is 15.3. The summed E-state index contributed by atoms with van der Waals surface area (Å²) in [5.74, 6) is -0.908. The fourth-order valence-electron chi connectivity index (χ4n) is 3.41. The number of urea groups is 1. The molecule has 1 heterocycles. The fourth-order valence-corrected chi connectivity index (χ4v) is 3.41. The van der Waals surface area contributed by atoms with Gasteiger partial charge in [0.25, 0.3) is 0 Å². The van der Waals surface area contributed by atoms with Crippen molar-refractivity contribution >= 4 is 12.0 Å². The van der Waals surface area contributed by atoms with E-state index in [2.05, 4.69) is 0 Å². The molecule has 0 saturated heterocycles. The highest BCUT2D eigenvalue weighted by molar-refractivity contribution is 5.90. The zero-order valence-corrected chi connectivity index (χ0v) is 15.2. The molecule has 26 heavy (non-hydrogen) atoms. The molecule has 0 saturated carbocycles. The van der Waals surface area contributed by atoms with Crippen molar-refractivity contribution in [2.45, 2.75) is 39.4 Å². The van der Waals surface area contributed by atoms with Crippen LogP contribution in [-0.4, -0.2) is 39.5 Å².